The van der Waals surface area contributed by atoms with Crippen LogP contribution in [0.25, 0.3) is 12.2 Å². The van der Waals surface area contributed by atoms with Crippen molar-refractivity contribution in [3.8, 4) is 0 Å². The van der Waals surface area contributed by atoms with Gasteiger partial charge in [-0.15, -0.1) is 6.58 Å². The molecule has 0 aromatic heterocycles. The van der Waals surface area contributed by atoms with Crippen molar-refractivity contribution in [2.24, 2.45) is 5.92 Å². The number of hydrogen-bond donors (Lipinski definition) is 0. The van der Waals surface area contributed by atoms with E-state index in [1.54, 1.807) is 0 Å². The van der Waals surface area contributed by atoms with E-state index < -0.39 is 0 Å². The molecule has 0 spiro atoms. The van der Waals surface area contributed by atoms with Crippen LogP contribution in [-0.2, 0) is 5.41 Å². The van der Waals surface area contributed by atoms with Gasteiger partial charge in [0, 0.05) is 11.3 Å². The third kappa shape index (κ3) is 1.18. The molecule has 2 aliphatic rings. The first-order valence-electron chi connectivity index (χ1n) is 5.99. The summed E-state index contributed by atoms with van der Waals surface area (Å²) in [5, 5.41) is 0. The Morgan fingerprint density at radius 3 is 2.59 bits per heavy atom. The highest BCUT2D eigenvalue weighted by Gasteiger charge is 2.40. The molecule has 1 aromatic rings. The van der Waals surface area contributed by atoms with E-state index in [0.29, 0.717) is 5.92 Å². The maximum absolute atomic E-state index is 4.24. The van der Waals surface area contributed by atoms with Crippen molar-refractivity contribution in [2.75, 3.05) is 0 Å². The van der Waals surface area contributed by atoms with Gasteiger partial charge < -0.3 is 0 Å². The largest absolute Gasteiger partial charge is 0.102 e. The standard InChI is InChI=1S/C17H16/c1-4-15-11-10-14-7-5-6-13-9-8-12(2)17(15,3)16(13)14/h4-11,15H,1-2H2,3H3. The third-order valence-corrected chi connectivity index (χ3v) is 4.18. The molecular weight excluding hydrogens is 204 g/mol. The van der Waals surface area contributed by atoms with Gasteiger partial charge in [-0.05, 0) is 22.3 Å². The summed E-state index contributed by atoms with van der Waals surface area (Å²) in [4.78, 5) is 0. The first-order valence-corrected chi connectivity index (χ1v) is 5.99. The van der Waals surface area contributed by atoms with Gasteiger partial charge in [-0.1, -0.05) is 62.1 Å². The van der Waals surface area contributed by atoms with Crippen LogP contribution in [-0.4, -0.2) is 0 Å². The van der Waals surface area contributed by atoms with E-state index in [4.69, 9.17) is 0 Å². The Hall–Kier alpha value is -1.82. The van der Waals surface area contributed by atoms with Gasteiger partial charge in [0.05, 0.1) is 0 Å². The predicted octanol–water partition coefficient (Wildman–Crippen LogP) is 4.36. The van der Waals surface area contributed by atoms with Gasteiger partial charge in [-0.3, -0.25) is 0 Å². The summed E-state index contributed by atoms with van der Waals surface area (Å²) in [6.45, 7) is 10.5. The van der Waals surface area contributed by atoms with Crippen molar-refractivity contribution in [3.63, 3.8) is 0 Å². The molecule has 0 saturated carbocycles. The normalized spacial score (nSPS) is 29.0. The van der Waals surface area contributed by atoms with E-state index in [-0.39, 0.29) is 5.41 Å². The molecule has 2 unspecified atom stereocenters. The molecule has 84 valence electrons. The van der Waals surface area contributed by atoms with Crippen molar-refractivity contribution in [1.29, 1.82) is 0 Å². The fourth-order valence-corrected chi connectivity index (χ4v) is 3.09. The van der Waals surface area contributed by atoms with Crippen molar-refractivity contribution >= 4 is 12.2 Å². The highest BCUT2D eigenvalue weighted by Crippen LogP contribution is 2.49. The van der Waals surface area contributed by atoms with Crippen molar-refractivity contribution in [1.82, 2.24) is 0 Å². The van der Waals surface area contributed by atoms with Gasteiger partial charge in [-0.2, -0.15) is 0 Å². The molecular formula is C17H16. The summed E-state index contributed by atoms with van der Waals surface area (Å²) in [5.41, 5.74) is 5.17. The maximum Gasteiger partial charge on any atom is 0.0277 e. The third-order valence-electron chi connectivity index (χ3n) is 4.18. The molecule has 2 atom stereocenters. The second kappa shape index (κ2) is 3.33. The molecule has 0 N–H and O–H groups in total. The first-order chi connectivity index (χ1) is 8.17. The minimum atomic E-state index is -0.0306. The molecule has 17 heavy (non-hydrogen) atoms. The van der Waals surface area contributed by atoms with Crippen LogP contribution in [0.2, 0.25) is 0 Å². The summed E-state index contributed by atoms with van der Waals surface area (Å²) in [5.74, 6) is 0.327. The topological polar surface area (TPSA) is 0 Å². The minimum absolute atomic E-state index is 0.0306. The Kier molecular flexibility index (Phi) is 2.03. The molecule has 0 saturated heterocycles. The molecule has 0 heterocycles. The molecule has 1 aromatic carbocycles. The zero-order valence-corrected chi connectivity index (χ0v) is 10.1. The van der Waals surface area contributed by atoms with Crippen molar-refractivity contribution in [3.05, 3.63) is 71.8 Å². The second-order valence-electron chi connectivity index (χ2n) is 4.99. The lowest BCUT2D eigenvalue weighted by molar-refractivity contribution is 0.477. The van der Waals surface area contributed by atoms with E-state index >= 15 is 0 Å². The van der Waals surface area contributed by atoms with Crippen LogP contribution in [0, 0.1) is 5.92 Å². The molecule has 0 heteroatoms. The van der Waals surface area contributed by atoms with Crippen LogP contribution < -0.4 is 0 Å². The molecule has 0 nitrogen and oxygen atoms in total. The molecule has 0 bridgehead atoms. The van der Waals surface area contributed by atoms with Gasteiger partial charge in [0.15, 0.2) is 0 Å². The van der Waals surface area contributed by atoms with Gasteiger partial charge in [0.25, 0.3) is 0 Å². The Labute approximate surface area is 103 Å². The van der Waals surface area contributed by atoms with E-state index in [2.05, 4.69) is 62.6 Å². The fraction of sp³-hybridized carbons (Fsp3) is 0.176. The van der Waals surface area contributed by atoms with Crippen LogP contribution in [0.15, 0.2) is 55.2 Å². The average Bonchev–Trinajstić information content (AvgIpc) is 2.35. The summed E-state index contributed by atoms with van der Waals surface area (Å²) < 4.78 is 0. The highest BCUT2D eigenvalue weighted by atomic mass is 14.4. The van der Waals surface area contributed by atoms with E-state index in [9.17, 15) is 0 Å². The van der Waals surface area contributed by atoms with Crippen LogP contribution in [0.4, 0.5) is 0 Å². The van der Waals surface area contributed by atoms with E-state index in [0.717, 1.165) is 0 Å². The Bertz CT molecular complexity index is 572. The number of rotatable bonds is 1. The number of allylic oxidation sites excluding steroid dienone is 4. The van der Waals surface area contributed by atoms with Gasteiger partial charge >= 0.3 is 0 Å². The van der Waals surface area contributed by atoms with Gasteiger partial charge in [0.1, 0.15) is 0 Å². The van der Waals surface area contributed by atoms with Crippen LogP contribution in [0.5, 0.6) is 0 Å². The quantitative estimate of drug-likeness (QED) is 0.617. The van der Waals surface area contributed by atoms with Crippen LogP contribution >= 0.6 is 0 Å². The fourth-order valence-electron chi connectivity index (χ4n) is 3.09. The number of benzene rings is 1. The summed E-state index contributed by atoms with van der Waals surface area (Å²) >= 11 is 0. The molecule has 2 aliphatic carbocycles. The Balaban J connectivity index is 2.38. The monoisotopic (exact) mass is 220 g/mol. The van der Waals surface area contributed by atoms with Crippen molar-refractivity contribution in [2.45, 2.75) is 12.3 Å². The van der Waals surface area contributed by atoms with E-state index in [1.165, 1.54) is 22.3 Å². The second-order valence-corrected chi connectivity index (χ2v) is 4.99. The summed E-state index contributed by atoms with van der Waals surface area (Å²) in [6, 6.07) is 6.48. The smallest absolute Gasteiger partial charge is 0.0277 e. The molecule has 3 rings (SSSR count). The molecule has 0 fully saturated rings. The molecule has 0 radical (unpaired) electrons. The summed E-state index contributed by atoms with van der Waals surface area (Å²) in [6.07, 6.45) is 10.8. The lowest BCUT2D eigenvalue weighted by Crippen LogP contribution is -2.36. The Morgan fingerprint density at radius 1 is 1.18 bits per heavy atom. The maximum atomic E-state index is 4.24. The lowest BCUT2D eigenvalue weighted by Gasteiger charge is -2.42. The van der Waals surface area contributed by atoms with Gasteiger partial charge in [-0.25, -0.2) is 0 Å². The predicted molar refractivity (Wildman–Crippen MR) is 74.7 cm³/mol. The first kappa shape index (κ1) is 10.3. The van der Waals surface area contributed by atoms with E-state index in [1.807, 2.05) is 6.08 Å². The zero-order valence-electron chi connectivity index (χ0n) is 10.1. The zero-order chi connectivity index (χ0) is 12.0. The van der Waals surface area contributed by atoms with Crippen molar-refractivity contribution < 1.29 is 0 Å². The summed E-state index contributed by atoms with van der Waals surface area (Å²) in [7, 11) is 0. The molecule has 0 aliphatic heterocycles. The Morgan fingerprint density at radius 2 is 1.88 bits per heavy atom. The SMILES string of the molecule is C=CC1C=Cc2cccc3c2C1(C)C(=C)C=C3. The average molecular weight is 220 g/mol. The number of hydrogen-bond acceptors (Lipinski definition) is 0. The lowest BCUT2D eigenvalue weighted by atomic mass is 9.60. The van der Waals surface area contributed by atoms with Gasteiger partial charge in [0.2, 0.25) is 0 Å². The van der Waals surface area contributed by atoms with Crippen LogP contribution in [0.1, 0.15) is 23.6 Å². The highest BCUT2D eigenvalue weighted by molar-refractivity contribution is 5.75. The van der Waals surface area contributed by atoms with Crippen LogP contribution in [0.3, 0.4) is 0 Å². The minimum Gasteiger partial charge on any atom is -0.102 e. The molecule has 0 amide bonds.